The van der Waals surface area contributed by atoms with Gasteiger partial charge in [-0.2, -0.15) is 0 Å². The second kappa shape index (κ2) is 15.3. The fourth-order valence-corrected chi connectivity index (χ4v) is 12.6. The highest BCUT2D eigenvalue weighted by Crippen LogP contribution is 2.54. The number of anilines is 6. The summed E-state index contributed by atoms with van der Waals surface area (Å²) in [6, 6.07) is 84.3. The molecule has 14 rings (SSSR count). The monoisotopic (exact) mass is 909 g/mol. The molecule has 1 aromatic heterocycles. The third-order valence-corrected chi connectivity index (χ3v) is 15.9. The number of hydrogen-bond donors (Lipinski definition) is 0. The molecule has 0 atom stereocenters. The van der Waals surface area contributed by atoms with E-state index >= 15 is 0 Å². The Labute approximate surface area is 417 Å². The minimum Gasteiger partial charge on any atom is -0.311 e. The molecule has 1 aliphatic carbocycles. The lowest BCUT2D eigenvalue weighted by Crippen LogP contribution is -2.62. The van der Waals surface area contributed by atoms with Crippen molar-refractivity contribution in [3.8, 4) is 39.1 Å². The Hall–Kier alpha value is -8.34. The zero-order chi connectivity index (χ0) is 47.8. The number of fused-ring (bicyclic) bond motifs is 11. The third kappa shape index (κ3) is 6.04. The maximum atomic E-state index is 2.63. The summed E-state index contributed by atoms with van der Waals surface area (Å²) in [6.45, 7) is 11.8. The average molecular weight is 910 g/mol. The summed E-state index contributed by atoms with van der Waals surface area (Å²) in [5.74, 6) is 0. The van der Waals surface area contributed by atoms with Gasteiger partial charge >= 0.3 is 0 Å². The van der Waals surface area contributed by atoms with Crippen LogP contribution in [0.1, 0.15) is 51.3 Å². The van der Waals surface area contributed by atoms with Crippen LogP contribution in [0, 0.1) is 0 Å². The predicted molar refractivity (Wildman–Crippen MR) is 302 cm³/mol. The molecule has 10 aromatic carbocycles. The van der Waals surface area contributed by atoms with Gasteiger partial charge in [-0.05, 0) is 115 Å². The van der Waals surface area contributed by atoms with Crippen LogP contribution in [0.4, 0.5) is 34.1 Å². The van der Waals surface area contributed by atoms with Crippen LogP contribution < -0.4 is 26.2 Å². The van der Waals surface area contributed by atoms with Gasteiger partial charge in [0, 0.05) is 55.8 Å². The van der Waals surface area contributed by atoms with Crippen LogP contribution in [0.3, 0.4) is 0 Å². The van der Waals surface area contributed by atoms with E-state index in [0.29, 0.717) is 0 Å². The Kier molecular flexibility index (Phi) is 8.99. The Morgan fingerprint density at radius 1 is 0.394 bits per heavy atom. The standard InChI is InChI=1S/C67H52BN3/c1-66(2,3)45-40-61-64-62(41-45)71(56-33-19-14-27-48(56)44-24-10-7-11-25-44)60-42-46(69-57-34-20-15-28-49(57)50-29-16-21-35-58(50)69)36-38-54(60)68(64)65-59(39-37-53-63(65)51-30-12-17-31-52(51)67(53,4)5)70(61)55-32-18-13-26-47(55)43-22-8-6-9-23-43/h6-42H,1-5H3. The van der Waals surface area contributed by atoms with E-state index < -0.39 is 0 Å². The van der Waals surface area contributed by atoms with Gasteiger partial charge in [-0.25, -0.2) is 0 Å². The van der Waals surface area contributed by atoms with Crippen molar-refractivity contribution in [2.45, 2.75) is 45.4 Å². The summed E-state index contributed by atoms with van der Waals surface area (Å²) in [6.07, 6.45) is 0. The van der Waals surface area contributed by atoms with Crippen LogP contribution in [0.15, 0.2) is 224 Å². The average Bonchev–Trinajstić information content (AvgIpc) is 3.86. The molecule has 0 saturated heterocycles. The number of nitrogens with zero attached hydrogens (tertiary/aromatic N) is 3. The Bertz CT molecular complexity index is 3920. The minimum atomic E-state index is -0.189. The van der Waals surface area contributed by atoms with Crippen molar-refractivity contribution < 1.29 is 0 Å². The Balaban J connectivity index is 1.15. The van der Waals surface area contributed by atoms with E-state index in [1.165, 1.54) is 117 Å². The molecule has 11 aromatic rings. The fraction of sp³-hybridized carbons (Fsp3) is 0.104. The maximum Gasteiger partial charge on any atom is 0.252 e. The van der Waals surface area contributed by atoms with Gasteiger partial charge in [0.05, 0.1) is 22.4 Å². The molecule has 2 aliphatic heterocycles. The van der Waals surface area contributed by atoms with Gasteiger partial charge in [-0.3, -0.25) is 0 Å². The maximum absolute atomic E-state index is 2.63. The van der Waals surface area contributed by atoms with E-state index in [9.17, 15) is 0 Å². The summed E-state index contributed by atoms with van der Waals surface area (Å²) in [7, 11) is 0. The van der Waals surface area contributed by atoms with Crippen molar-refractivity contribution in [1.29, 1.82) is 0 Å². The van der Waals surface area contributed by atoms with Crippen LogP contribution in [0.5, 0.6) is 0 Å². The second-order valence-electron chi connectivity index (χ2n) is 21.3. The normalized spacial score (nSPS) is 14.0. The zero-order valence-electron chi connectivity index (χ0n) is 40.8. The molecule has 3 heterocycles. The molecule has 0 radical (unpaired) electrons. The van der Waals surface area contributed by atoms with Gasteiger partial charge in [0.15, 0.2) is 0 Å². The molecule has 0 spiro atoms. The highest BCUT2D eigenvalue weighted by molar-refractivity contribution is 7.01. The van der Waals surface area contributed by atoms with Crippen molar-refractivity contribution in [2.75, 3.05) is 9.80 Å². The molecular weight excluding hydrogens is 858 g/mol. The van der Waals surface area contributed by atoms with Gasteiger partial charge in [-0.1, -0.05) is 204 Å². The number of aromatic nitrogens is 1. The van der Waals surface area contributed by atoms with Crippen molar-refractivity contribution in [3.05, 3.63) is 241 Å². The lowest BCUT2D eigenvalue weighted by Gasteiger charge is -2.46. The molecule has 0 amide bonds. The van der Waals surface area contributed by atoms with E-state index in [2.05, 4.69) is 273 Å². The van der Waals surface area contributed by atoms with Crippen LogP contribution in [0.2, 0.25) is 0 Å². The first-order valence-electron chi connectivity index (χ1n) is 25.1. The van der Waals surface area contributed by atoms with Crippen LogP contribution >= 0.6 is 0 Å². The van der Waals surface area contributed by atoms with E-state index in [1.807, 2.05) is 0 Å². The van der Waals surface area contributed by atoms with Gasteiger partial charge in [0.2, 0.25) is 0 Å². The van der Waals surface area contributed by atoms with Crippen LogP contribution in [-0.2, 0) is 10.8 Å². The number of rotatable bonds is 5. The molecule has 71 heavy (non-hydrogen) atoms. The number of para-hydroxylation sites is 4. The first-order valence-corrected chi connectivity index (χ1v) is 25.1. The fourth-order valence-electron chi connectivity index (χ4n) is 12.6. The van der Waals surface area contributed by atoms with Crippen molar-refractivity contribution in [2.24, 2.45) is 0 Å². The lowest BCUT2D eigenvalue weighted by atomic mass is 9.32. The molecule has 0 bridgehead atoms. The van der Waals surface area contributed by atoms with Crippen molar-refractivity contribution in [1.82, 2.24) is 4.57 Å². The largest absolute Gasteiger partial charge is 0.311 e. The summed E-state index contributed by atoms with van der Waals surface area (Å²) in [5, 5.41) is 2.51. The lowest BCUT2D eigenvalue weighted by molar-refractivity contribution is 0.590. The Morgan fingerprint density at radius 3 is 1.49 bits per heavy atom. The minimum absolute atomic E-state index is 0.0941. The second-order valence-corrected chi connectivity index (χ2v) is 21.3. The first-order chi connectivity index (χ1) is 34.7. The van der Waals surface area contributed by atoms with E-state index in [1.54, 1.807) is 0 Å². The quantitative estimate of drug-likeness (QED) is 0.159. The molecule has 3 nitrogen and oxygen atoms in total. The summed E-state index contributed by atoms with van der Waals surface area (Å²) in [4.78, 5) is 5.27. The van der Waals surface area contributed by atoms with Crippen LogP contribution in [0.25, 0.3) is 60.9 Å². The predicted octanol–water partition coefficient (Wildman–Crippen LogP) is 15.8. The first kappa shape index (κ1) is 41.6. The highest BCUT2D eigenvalue weighted by Gasteiger charge is 2.49. The smallest absolute Gasteiger partial charge is 0.252 e. The molecule has 4 heteroatoms. The number of hydrogen-bond acceptors (Lipinski definition) is 2. The van der Waals surface area contributed by atoms with Crippen molar-refractivity contribution in [3.63, 3.8) is 0 Å². The van der Waals surface area contributed by atoms with E-state index in [4.69, 9.17) is 0 Å². The third-order valence-electron chi connectivity index (χ3n) is 15.9. The summed E-state index contributed by atoms with van der Waals surface area (Å²) >= 11 is 0. The molecule has 338 valence electrons. The van der Waals surface area contributed by atoms with Gasteiger partial charge in [0.1, 0.15) is 0 Å². The molecule has 0 unspecified atom stereocenters. The van der Waals surface area contributed by atoms with Gasteiger partial charge in [0.25, 0.3) is 6.71 Å². The van der Waals surface area contributed by atoms with E-state index in [0.717, 1.165) is 11.4 Å². The van der Waals surface area contributed by atoms with E-state index in [-0.39, 0.29) is 17.5 Å². The van der Waals surface area contributed by atoms with Gasteiger partial charge < -0.3 is 14.4 Å². The molecule has 0 fully saturated rings. The number of benzene rings is 10. The molecule has 3 aliphatic rings. The highest BCUT2D eigenvalue weighted by atomic mass is 15.2. The zero-order valence-corrected chi connectivity index (χ0v) is 40.8. The van der Waals surface area contributed by atoms with Crippen LogP contribution in [-0.4, -0.2) is 11.3 Å². The molecular formula is C67H52BN3. The molecule has 0 N–H and O–H groups in total. The molecule has 0 saturated carbocycles. The van der Waals surface area contributed by atoms with Gasteiger partial charge in [-0.15, -0.1) is 0 Å². The Morgan fingerprint density at radius 2 is 0.901 bits per heavy atom. The topological polar surface area (TPSA) is 11.4 Å². The summed E-state index contributed by atoms with van der Waals surface area (Å²) in [5.41, 5.74) is 25.8. The van der Waals surface area contributed by atoms with Crippen molar-refractivity contribution >= 4 is 79.0 Å². The SMILES string of the molecule is CC(C)(C)c1cc2c3c(c1)N(c1ccccc1-c1ccccc1)c1ccc4c(c1B3c1ccc(-n3c5ccccc5c5ccccc53)cc1N2c1ccccc1-c1ccccc1)-c1ccccc1C4(C)C. The summed E-state index contributed by atoms with van der Waals surface area (Å²) < 4.78 is 2.48.